The molecule has 0 aromatic carbocycles. The van der Waals surface area contributed by atoms with Crippen LogP contribution in [-0.4, -0.2) is 122 Å². The van der Waals surface area contributed by atoms with Gasteiger partial charge in [0.25, 0.3) is 0 Å². The van der Waals surface area contributed by atoms with Crippen molar-refractivity contribution in [3.8, 4) is 0 Å². The minimum absolute atomic E-state index is 0.0125. The van der Waals surface area contributed by atoms with Crippen molar-refractivity contribution >= 4 is 23.4 Å². The molecule has 3 fully saturated rings. The number of ketones is 2. The van der Waals surface area contributed by atoms with Gasteiger partial charge < -0.3 is 44.6 Å². The quantitative estimate of drug-likeness (QED) is 0.171. The van der Waals surface area contributed by atoms with Gasteiger partial charge in [0, 0.05) is 44.2 Å². The highest BCUT2D eigenvalue weighted by Gasteiger charge is 2.46. The number of amides is 1. The molecule has 15 atom stereocenters. The minimum Gasteiger partial charge on any atom is -0.460 e. The van der Waals surface area contributed by atoms with Crippen LogP contribution in [0.1, 0.15) is 132 Å². The number of fused-ring (bicyclic) bond motifs is 3. The highest BCUT2D eigenvalue weighted by atomic mass is 16.6. The topological polar surface area (TPSA) is 200 Å². The van der Waals surface area contributed by atoms with Crippen LogP contribution in [0, 0.1) is 35.5 Å². The number of allylic oxidation sites excluding steroid dienone is 6. The highest BCUT2D eigenvalue weighted by molar-refractivity contribution is 5.87. The van der Waals surface area contributed by atoms with Crippen LogP contribution in [0.5, 0.6) is 0 Å². The van der Waals surface area contributed by atoms with E-state index in [9.17, 15) is 44.7 Å². The van der Waals surface area contributed by atoms with E-state index in [0.29, 0.717) is 77.2 Å². The summed E-state index contributed by atoms with van der Waals surface area (Å²) in [5.74, 6) is -5.62. The first-order valence-electron chi connectivity index (χ1n) is 23.2. The van der Waals surface area contributed by atoms with Gasteiger partial charge in [0.05, 0.1) is 30.8 Å². The lowest BCUT2D eigenvalue weighted by Gasteiger charge is -2.44. The summed E-state index contributed by atoms with van der Waals surface area (Å²) in [6.07, 6.45) is 10.0. The fraction of sp³-hybridized carbons (Fsp3) is 0.755. The number of rotatable bonds is 4. The van der Waals surface area contributed by atoms with E-state index in [0.717, 1.165) is 5.57 Å². The van der Waals surface area contributed by atoms with E-state index >= 15 is 0 Å². The van der Waals surface area contributed by atoms with Crippen molar-refractivity contribution in [2.45, 2.75) is 186 Å². The van der Waals surface area contributed by atoms with E-state index in [1.807, 2.05) is 58.1 Å². The van der Waals surface area contributed by atoms with Crippen LogP contribution in [-0.2, 0) is 33.4 Å². The second kappa shape index (κ2) is 23.8. The Morgan fingerprint density at radius 3 is 2.27 bits per heavy atom. The summed E-state index contributed by atoms with van der Waals surface area (Å²) in [7, 11) is 1.62. The number of aliphatic hydroxyl groups is 5. The van der Waals surface area contributed by atoms with E-state index in [1.165, 1.54) is 11.0 Å². The standard InChI is InChI=1S/C49H77NO12/c1-29-14-10-9-11-15-30(2)42(60-8)26-37-19-17-35(7)49(59,62-37)28-44(54)50-21-13-12-16-38(50)48(58)61-43(32(4)24-36-18-20-39(51)41(53)25-36)27-40(52)31(3)23-34(6)46(56)47(57)45(55)33(5)22-29/h9-11,14-15,23,29,31-33,35-39,41-43,46-47,51,53,56-57,59H,12-13,16-22,24-28H2,1-8H3/b11-9+,14-10-,30-15+,34-23+/t29-,31-,32-,33-,35-,36-,37+,38+,39+,41+,42+,43+,46-,47+,49+/m1/s1. The van der Waals surface area contributed by atoms with Gasteiger partial charge in [-0.2, -0.15) is 0 Å². The normalized spacial score (nSPS) is 41.8. The maximum absolute atomic E-state index is 14.3. The summed E-state index contributed by atoms with van der Waals surface area (Å²) >= 11 is 0. The first-order chi connectivity index (χ1) is 29.2. The van der Waals surface area contributed by atoms with Crippen LogP contribution < -0.4 is 0 Å². The first kappa shape index (κ1) is 51.6. The third-order valence-corrected chi connectivity index (χ3v) is 14.0. The fourth-order valence-corrected chi connectivity index (χ4v) is 9.75. The molecule has 0 unspecified atom stereocenters. The van der Waals surface area contributed by atoms with Crippen LogP contribution in [0.3, 0.4) is 0 Å². The predicted octanol–water partition coefficient (Wildman–Crippen LogP) is 5.69. The van der Waals surface area contributed by atoms with E-state index in [4.69, 9.17) is 14.2 Å². The zero-order valence-electron chi connectivity index (χ0n) is 38.5. The zero-order chi connectivity index (χ0) is 45.9. The molecule has 0 radical (unpaired) electrons. The molecule has 0 aromatic heterocycles. The number of cyclic esters (lactones) is 1. The molecule has 350 valence electrons. The van der Waals surface area contributed by atoms with E-state index < -0.39 is 71.8 Å². The Kier molecular flexibility index (Phi) is 19.8. The van der Waals surface area contributed by atoms with Gasteiger partial charge in [0.15, 0.2) is 11.6 Å². The molecule has 3 aliphatic heterocycles. The Morgan fingerprint density at radius 2 is 1.58 bits per heavy atom. The number of aliphatic hydroxyl groups excluding tert-OH is 4. The average molecular weight is 872 g/mol. The van der Waals surface area contributed by atoms with Crippen LogP contribution >= 0.6 is 0 Å². The van der Waals surface area contributed by atoms with Gasteiger partial charge in [-0.15, -0.1) is 0 Å². The van der Waals surface area contributed by atoms with Crippen molar-refractivity contribution in [2.75, 3.05) is 13.7 Å². The maximum atomic E-state index is 14.3. The van der Waals surface area contributed by atoms with Crippen LogP contribution in [0.25, 0.3) is 0 Å². The van der Waals surface area contributed by atoms with E-state index in [2.05, 4.69) is 0 Å². The predicted molar refractivity (Wildman–Crippen MR) is 235 cm³/mol. The molecule has 13 nitrogen and oxygen atoms in total. The number of nitrogens with zero attached hydrogens (tertiary/aromatic N) is 1. The van der Waals surface area contributed by atoms with Crippen molar-refractivity contribution in [3.63, 3.8) is 0 Å². The van der Waals surface area contributed by atoms with Crippen molar-refractivity contribution in [1.29, 1.82) is 0 Å². The molecule has 13 heteroatoms. The van der Waals surface area contributed by atoms with Gasteiger partial charge >= 0.3 is 5.97 Å². The van der Waals surface area contributed by atoms with Gasteiger partial charge in [0.2, 0.25) is 5.91 Å². The Hall–Kier alpha value is -3.04. The molecule has 4 aliphatic rings. The Labute approximate surface area is 369 Å². The maximum Gasteiger partial charge on any atom is 0.329 e. The molecule has 1 aliphatic carbocycles. The lowest BCUT2D eigenvalue weighted by Crippen LogP contribution is -2.55. The molecular weight excluding hydrogens is 795 g/mol. The first-order valence-corrected chi connectivity index (χ1v) is 23.2. The van der Waals surface area contributed by atoms with Gasteiger partial charge in [-0.1, -0.05) is 71.1 Å². The number of hydrogen-bond acceptors (Lipinski definition) is 12. The number of methoxy groups -OCH3 is 1. The van der Waals surface area contributed by atoms with Gasteiger partial charge in [0.1, 0.15) is 30.1 Å². The third kappa shape index (κ3) is 14.2. The van der Waals surface area contributed by atoms with Crippen LogP contribution in [0.15, 0.2) is 47.6 Å². The second-order valence-electron chi connectivity index (χ2n) is 19.3. The molecule has 4 rings (SSSR count). The summed E-state index contributed by atoms with van der Waals surface area (Å²) in [5, 5.41) is 54.6. The summed E-state index contributed by atoms with van der Waals surface area (Å²) < 4.78 is 18.5. The van der Waals surface area contributed by atoms with Crippen molar-refractivity contribution in [1.82, 2.24) is 4.90 Å². The lowest BCUT2D eigenvalue weighted by atomic mass is 9.78. The SMILES string of the molecule is CO[C@H]1C[C@@H]2CC[C@@H](C)[C@](O)(CC(=O)N3CCCC[C@H]3C(=O)O[C@H]([C@H](C)C[C@H]3CC[C@H](O)[C@@H](O)C3)CC(=O)[C@H](C)/C=C(\C)[C@@H](O)[C@@H](O)C(=O)[C@H](C)C[C@H](C)\C=C/C=C/C=C/1C)O2. The molecule has 1 saturated carbocycles. The smallest absolute Gasteiger partial charge is 0.329 e. The largest absolute Gasteiger partial charge is 0.460 e. The van der Waals surface area contributed by atoms with Crippen molar-refractivity contribution in [2.24, 2.45) is 35.5 Å². The lowest BCUT2D eigenvalue weighted by molar-refractivity contribution is -0.284. The number of ether oxygens (including phenoxy) is 3. The Bertz CT molecular complexity index is 1640. The van der Waals surface area contributed by atoms with Crippen LogP contribution in [0.4, 0.5) is 0 Å². The second-order valence-corrected chi connectivity index (χ2v) is 19.3. The van der Waals surface area contributed by atoms with Crippen LogP contribution in [0.2, 0.25) is 0 Å². The fourth-order valence-electron chi connectivity index (χ4n) is 9.75. The number of esters is 1. The number of hydrogen-bond donors (Lipinski definition) is 5. The number of piperidine rings is 1. The van der Waals surface area contributed by atoms with E-state index in [-0.39, 0.29) is 60.1 Å². The number of Topliss-reactive ketones (excluding diaryl/α,β-unsaturated/α-hetero) is 2. The molecular formula is C49H77NO12. The molecule has 3 heterocycles. The Morgan fingerprint density at radius 1 is 0.855 bits per heavy atom. The number of carbonyl (C=O) groups excluding carboxylic acids is 4. The molecule has 0 spiro atoms. The minimum atomic E-state index is -1.76. The monoisotopic (exact) mass is 872 g/mol. The molecule has 1 amide bonds. The summed E-state index contributed by atoms with van der Waals surface area (Å²) in [6.45, 7) is 12.9. The average Bonchev–Trinajstić information content (AvgIpc) is 3.23. The molecule has 2 bridgehead atoms. The number of carbonyl (C=O) groups is 4. The molecule has 62 heavy (non-hydrogen) atoms. The van der Waals surface area contributed by atoms with Gasteiger partial charge in [-0.05, 0) is 107 Å². The highest BCUT2D eigenvalue weighted by Crippen LogP contribution is 2.38. The molecule has 2 saturated heterocycles. The van der Waals surface area contributed by atoms with Gasteiger partial charge in [-0.25, -0.2) is 4.79 Å². The summed E-state index contributed by atoms with van der Waals surface area (Å²) in [5.41, 5.74) is 1.21. The zero-order valence-corrected chi connectivity index (χ0v) is 38.5. The molecule has 5 N–H and O–H groups in total. The van der Waals surface area contributed by atoms with Gasteiger partial charge in [-0.3, -0.25) is 14.4 Å². The third-order valence-electron chi connectivity index (χ3n) is 14.0. The van der Waals surface area contributed by atoms with E-state index in [1.54, 1.807) is 27.9 Å². The Balaban J connectivity index is 1.65. The summed E-state index contributed by atoms with van der Waals surface area (Å²) in [6, 6.07) is -0.935. The molecule has 0 aromatic rings. The van der Waals surface area contributed by atoms with Crippen molar-refractivity contribution in [3.05, 3.63) is 47.6 Å². The van der Waals surface area contributed by atoms with Crippen molar-refractivity contribution < 1.29 is 58.9 Å². The summed E-state index contributed by atoms with van der Waals surface area (Å²) in [4.78, 5) is 57.2.